The molecule has 3 fully saturated rings. The molecule has 3 aliphatic carbocycles. The van der Waals surface area contributed by atoms with Crippen molar-refractivity contribution in [2.75, 3.05) is 0 Å². The smallest absolute Gasteiger partial charge is 0.0116 e. The van der Waals surface area contributed by atoms with Crippen LogP contribution in [0.15, 0.2) is 84.9 Å². The zero-order valence-electron chi connectivity index (χ0n) is 23.2. The van der Waals surface area contributed by atoms with Crippen LogP contribution >= 0.6 is 7.92 Å². The molecule has 3 aromatic carbocycles. The monoisotopic (exact) mass is 521 g/mol. The highest BCUT2D eigenvalue weighted by atomic mass is 31.1. The van der Waals surface area contributed by atoms with Gasteiger partial charge in [0.1, 0.15) is 0 Å². The van der Waals surface area contributed by atoms with Gasteiger partial charge in [0, 0.05) is 0 Å². The highest BCUT2D eigenvalue weighted by molar-refractivity contribution is 7.79. The summed E-state index contributed by atoms with van der Waals surface area (Å²) in [4.78, 5) is 0. The zero-order valence-corrected chi connectivity index (χ0v) is 24.1. The standard InChI is InChI=1S/C37H46P/c1-5-16-29(17-6-1)36(30-18-7-2-8-19-30)28-31-20-15-26-34(31)35-25-13-14-27-37(35)38(32-21-9-3-10-22-32)33-23-11-4-12-24-33/h3-4,9-14,21-25,27-31,34,36H,1-2,5-8,15-20,26H2. The maximum atomic E-state index is 2.98. The average molecular weight is 522 g/mol. The molecule has 2 unspecified atom stereocenters. The Balaban J connectivity index is 1.32. The van der Waals surface area contributed by atoms with Crippen LogP contribution in [0.3, 0.4) is 0 Å². The molecular weight excluding hydrogens is 475 g/mol. The van der Waals surface area contributed by atoms with Crippen LogP contribution in [0.2, 0.25) is 0 Å². The third-order valence-corrected chi connectivity index (χ3v) is 12.6. The highest BCUT2D eigenvalue weighted by Crippen LogP contribution is 2.49. The van der Waals surface area contributed by atoms with Gasteiger partial charge in [-0.2, -0.15) is 0 Å². The van der Waals surface area contributed by atoms with Gasteiger partial charge in [-0.15, -0.1) is 0 Å². The Hall–Kier alpha value is -1.91. The fourth-order valence-corrected chi connectivity index (χ4v) is 10.7. The Morgan fingerprint density at radius 3 is 1.63 bits per heavy atom. The molecule has 3 saturated carbocycles. The highest BCUT2D eigenvalue weighted by Gasteiger charge is 2.38. The molecule has 2 atom stereocenters. The van der Waals surface area contributed by atoms with Crippen LogP contribution in [-0.2, 0) is 0 Å². The molecule has 0 aromatic heterocycles. The van der Waals surface area contributed by atoms with Crippen molar-refractivity contribution in [1.29, 1.82) is 0 Å². The first-order chi connectivity index (χ1) is 18.9. The van der Waals surface area contributed by atoms with Crippen LogP contribution in [0.4, 0.5) is 0 Å². The van der Waals surface area contributed by atoms with Gasteiger partial charge in [0.25, 0.3) is 0 Å². The Labute approximate surface area is 233 Å². The van der Waals surface area contributed by atoms with Crippen LogP contribution in [0, 0.1) is 30.1 Å². The molecule has 0 aliphatic heterocycles. The van der Waals surface area contributed by atoms with Gasteiger partial charge in [-0.25, -0.2) is 0 Å². The Bertz CT molecular complexity index is 1050. The number of hydrogen-bond acceptors (Lipinski definition) is 0. The quantitative estimate of drug-likeness (QED) is 0.259. The van der Waals surface area contributed by atoms with Gasteiger partial charge in [-0.3, -0.25) is 0 Å². The molecule has 38 heavy (non-hydrogen) atoms. The summed E-state index contributed by atoms with van der Waals surface area (Å²) in [5.41, 5.74) is 1.65. The molecule has 3 aromatic rings. The third kappa shape index (κ3) is 5.97. The van der Waals surface area contributed by atoms with Crippen molar-refractivity contribution in [2.24, 2.45) is 23.7 Å². The van der Waals surface area contributed by atoms with E-state index in [1.165, 1.54) is 94.1 Å². The van der Waals surface area contributed by atoms with Crippen molar-refractivity contribution in [3.8, 4) is 0 Å². The molecule has 0 N–H and O–H groups in total. The van der Waals surface area contributed by atoms with E-state index in [1.807, 2.05) is 0 Å². The lowest BCUT2D eigenvalue weighted by molar-refractivity contribution is 0.156. The van der Waals surface area contributed by atoms with Gasteiger partial charge in [-0.05, 0) is 78.3 Å². The molecule has 199 valence electrons. The molecule has 6 rings (SSSR count). The third-order valence-electron chi connectivity index (χ3n) is 10.0. The summed E-state index contributed by atoms with van der Waals surface area (Å²) in [6, 6.07) is 32.2. The normalized spacial score (nSPS) is 23.3. The Kier molecular flexibility index (Phi) is 8.98. The summed E-state index contributed by atoms with van der Waals surface area (Å²) >= 11 is 0. The maximum Gasteiger partial charge on any atom is -0.0116 e. The molecule has 0 heterocycles. The first kappa shape index (κ1) is 26.3. The summed E-state index contributed by atoms with van der Waals surface area (Å²) in [7, 11) is -0.560. The van der Waals surface area contributed by atoms with Crippen molar-refractivity contribution < 1.29 is 0 Å². The topological polar surface area (TPSA) is 0 Å². The Morgan fingerprint density at radius 2 is 1.05 bits per heavy atom. The minimum atomic E-state index is -0.560. The van der Waals surface area contributed by atoms with E-state index in [1.54, 1.807) is 10.9 Å². The summed E-state index contributed by atoms with van der Waals surface area (Å²) in [6.45, 7) is 0. The van der Waals surface area contributed by atoms with Gasteiger partial charge < -0.3 is 0 Å². The van der Waals surface area contributed by atoms with Gasteiger partial charge in [-0.1, -0.05) is 156 Å². The first-order valence-electron chi connectivity index (χ1n) is 15.7. The van der Waals surface area contributed by atoms with E-state index >= 15 is 0 Å². The van der Waals surface area contributed by atoms with E-state index in [4.69, 9.17) is 0 Å². The van der Waals surface area contributed by atoms with Gasteiger partial charge in [0.2, 0.25) is 0 Å². The molecule has 0 nitrogen and oxygen atoms in total. The lowest BCUT2D eigenvalue weighted by Gasteiger charge is -2.40. The second kappa shape index (κ2) is 13.0. The van der Waals surface area contributed by atoms with Crippen LogP contribution in [0.5, 0.6) is 0 Å². The minimum absolute atomic E-state index is 0.560. The number of rotatable bonds is 8. The molecule has 0 amide bonds. The second-order valence-electron chi connectivity index (χ2n) is 12.3. The van der Waals surface area contributed by atoms with Crippen LogP contribution in [0.25, 0.3) is 0 Å². The van der Waals surface area contributed by atoms with E-state index in [0.717, 1.165) is 23.7 Å². The molecule has 0 bridgehead atoms. The molecule has 0 spiro atoms. The number of hydrogen-bond donors (Lipinski definition) is 0. The number of benzene rings is 3. The predicted molar refractivity (Wildman–Crippen MR) is 166 cm³/mol. The average Bonchev–Trinajstić information content (AvgIpc) is 3.46. The van der Waals surface area contributed by atoms with Crippen molar-refractivity contribution in [1.82, 2.24) is 0 Å². The molecular formula is C37H46P. The molecule has 1 heteroatoms. The van der Waals surface area contributed by atoms with E-state index in [2.05, 4.69) is 91.3 Å². The first-order valence-corrected chi connectivity index (χ1v) is 17.1. The summed E-state index contributed by atoms with van der Waals surface area (Å²) in [5.74, 6) is 4.19. The van der Waals surface area contributed by atoms with Gasteiger partial charge >= 0.3 is 0 Å². The zero-order chi connectivity index (χ0) is 25.6. The van der Waals surface area contributed by atoms with Crippen molar-refractivity contribution >= 4 is 23.8 Å². The van der Waals surface area contributed by atoms with Crippen molar-refractivity contribution in [3.05, 3.63) is 96.9 Å². The molecule has 1 radical (unpaired) electrons. The maximum absolute atomic E-state index is 2.98. The predicted octanol–water partition coefficient (Wildman–Crippen LogP) is 9.31. The van der Waals surface area contributed by atoms with Gasteiger partial charge in [0.05, 0.1) is 0 Å². The molecule has 0 saturated heterocycles. The van der Waals surface area contributed by atoms with Gasteiger partial charge in [0.15, 0.2) is 0 Å². The lowest BCUT2D eigenvalue weighted by Crippen LogP contribution is -2.31. The van der Waals surface area contributed by atoms with Crippen LogP contribution in [-0.4, -0.2) is 0 Å². The fraction of sp³-hybridized carbons (Fsp3) is 0.486. The summed E-state index contributed by atoms with van der Waals surface area (Å²) in [5, 5.41) is 4.54. The van der Waals surface area contributed by atoms with Crippen LogP contribution in [0.1, 0.15) is 95.0 Å². The van der Waals surface area contributed by atoms with Crippen molar-refractivity contribution in [3.63, 3.8) is 0 Å². The van der Waals surface area contributed by atoms with E-state index in [-0.39, 0.29) is 0 Å². The van der Waals surface area contributed by atoms with Crippen LogP contribution < -0.4 is 15.9 Å². The van der Waals surface area contributed by atoms with E-state index in [0.29, 0.717) is 5.92 Å². The summed E-state index contributed by atoms with van der Waals surface area (Å²) in [6.07, 6.45) is 21.9. The Morgan fingerprint density at radius 1 is 0.526 bits per heavy atom. The SMILES string of the molecule is [CH](C1CCCC1c1ccccc1P(c1ccccc1)c1ccccc1)C(C1CCCCC1)C1CCCCC1. The molecule has 3 aliphatic rings. The van der Waals surface area contributed by atoms with Crippen molar-refractivity contribution in [2.45, 2.75) is 89.4 Å². The second-order valence-corrected chi connectivity index (χ2v) is 14.5. The fourth-order valence-electron chi connectivity index (χ4n) is 8.21. The summed E-state index contributed by atoms with van der Waals surface area (Å²) < 4.78 is 0. The lowest BCUT2D eigenvalue weighted by atomic mass is 9.65. The van der Waals surface area contributed by atoms with E-state index in [9.17, 15) is 0 Å². The van der Waals surface area contributed by atoms with E-state index < -0.39 is 7.92 Å². The minimum Gasteiger partial charge on any atom is -0.0622 e. The largest absolute Gasteiger partial charge is 0.0622 e.